The van der Waals surface area contributed by atoms with Crippen LogP contribution in [-0.2, 0) is 19.0 Å². The quantitative estimate of drug-likeness (QED) is 0.569. The third kappa shape index (κ3) is 4.09. The first-order chi connectivity index (χ1) is 16.2. The SMILES string of the molecule is CCCC1OC(C)=Cc2cc3c(c(O)c21)C(=O)C(C1OC[C@@H](O)[C@H](CO)O1)=C(CC(C)=O)C3=O. The van der Waals surface area contributed by atoms with Crippen molar-refractivity contribution in [2.45, 2.75) is 64.6 Å². The summed E-state index contributed by atoms with van der Waals surface area (Å²) in [6.07, 6.45) is -1.31. The van der Waals surface area contributed by atoms with Gasteiger partial charge in [-0.3, -0.25) is 14.4 Å². The predicted octanol–water partition coefficient (Wildman–Crippen LogP) is 2.37. The lowest BCUT2D eigenvalue weighted by Crippen LogP contribution is -2.48. The summed E-state index contributed by atoms with van der Waals surface area (Å²) in [7, 11) is 0. The monoisotopic (exact) mass is 472 g/mol. The lowest BCUT2D eigenvalue weighted by Gasteiger charge is -2.36. The Bertz CT molecular complexity index is 1110. The third-order valence-corrected chi connectivity index (χ3v) is 6.23. The molecule has 0 spiro atoms. The Morgan fingerprint density at radius 1 is 1.24 bits per heavy atom. The first kappa shape index (κ1) is 24.3. The van der Waals surface area contributed by atoms with Crippen LogP contribution in [0, 0.1) is 0 Å². The summed E-state index contributed by atoms with van der Waals surface area (Å²) < 4.78 is 17.0. The highest BCUT2D eigenvalue weighted by atomic mass is 16.7. The minimum absolute atomic E-state index is 0.00278. The molecule has 2 unspecified atom stereocenters. The largest absolute Gasteiger partial charge is 0.507 e. The lowest BCUT2D eigenvalue weighted by molar-refractivity contribution is -0.241. The molecule has 2 aliphatic heterocycles. The molecule has 3 N–H and O–H groups in total. The van der Waals surface area contributed by atoms with E-state index in [0.29, 0.717) is 23.3 Å². The van der Waals surface area contributed by atoms with E-state index in [-0.39, 0.29) is 46.8 Å². The van der Waals surface area contributed by atoms with Crippen LogP contribution in [0.3, 0.4) is 0 Å². The van der Waals surface area contributed by atoms with Crippen LogP contribution in [0.5, 0.6) is 5.75 Å². The number of aromatic hydroxyl groups is 1. The fraction of sp³-hybridized carbons (Fsp3) is 0.480. The van der Waals surface area contributed by atoms with Crippen LogP contribution in [0.1, 0.15) is 78.0 Å². The number of ketones is 3. The minimum atomic E-state index is -1.39. The van der Waals surface area contributed by atoms with Crippen LogP contribution in [0.2, 0.25) is 0 Å². The van der Waals surface area contributed by atoms with Gasteiger partial charge in [0.15, 0.2) is 17.9 Å². The Morgan fingerprint density at radius 2 is 1.97 bits per heavy atom. The molecule has 4 rings (SSSR count). The zero-order chi connectivity index (χ0) is 24.7. The topological polar surface area (TPSA) is 140 Å². The Labute approximate surface area is 196 Å². The number of benzene rings is 1. The summed E-state index contributed by atoms with van der Waals surface area (Å²) in [6, 6.07) is 1.55. The molecule has 0 amide bonds. The lowest BCUT2D eigenvalue weighted by atomic mass is 9.78. The number of Topliss-reactive ketones (excluding diaryl/α,β-unsaturated/α-hetero) is 3. The van der Waals surface area contributed by atoms with Crippen molar-refractivity contribution in [1.29, 1.82) is 0 Å². The summed E-state index contributed by atoms with van der Waals surface area (Å²) >= 11 is 0. The number of hydrogen-bond donors (Lipinski definition) is 3. The molecule has 1 saturated heterocycles. The Kier molecular flexibility index (Phi) is 6.73. The van der Waals surface area contributed by atoms with Gasteiger partial charge in [0.1, 0.15) is 29.8 Å². The molecular weight excluding hydrogens is 444 g/mol. The Hall–Kier alpha value is -2.85. The van der Waals surface area contributed by atoms with Crippen molar-refractivity contribution in [3.8, 4) is 5.75 Å². The second kappa shape index (κ2) is 9.42. The molecule has 1 aromatic rings. The van der Waals surface area contributed by atoms with E-state index in [1.165, 1.54) is 6.92 Å². The number of fused-ring (bicyclic) bond motifs is 2. The van der Waals surface area contributed by atoms with Crippen molar-refractivity contribution in [3.05, 3.63) is 45.2 Å². The van der Waals surface area contributed by atoms with Crippen molar-refractivity contribution in [1.82, 2.24) is 0 Å². The van der Waals surface area contributed by atoms with E-state index in [0.717, 1.165) is 6.42 Å². The zero-order valence-electron chi connectivity index (χ0n) is 19.3. The van der Waals surface area contributed by atoms with Gasteiger partial charge >= 0.3 is 0 Å². The smallest absolute Gasteiger partial charge is 0.199 e. The van der Waals surface area contributed by atoms with Crippen molar-refractivity contribution in [2.24, 2.45) is 0 Å². The number of carbonyl (C=O) groups excluding carboxylic acids is 3. The number of rotatable bonds is 6. The van der Waals surface area contributed by atoms with E-state index in [9.17, 15) is 29.7 Å². The molecule has 4 atom stereocenters. The summed E-state index contributed by atoms with van der Waals surface area (Å²) in [4.78, 5) is 39.3. The first-order valence-corrected chi connectivity index (χ1v) is 11.3. The third-order valence-electron chi connectivity index (χ3n) is 6.23. The molecule has 34 heavy (non-hydrogen) atoms. The van der Waals surface area contributed by atoms with E-state index in [4.69, 9.17) is 14.2 Å². The van der Waals surface area contributed by atoms with Crippen LogP contribution in [0.15, 0.2) is 23.0 Å². The average molecular weight is 472 g/mol. The molecule has 1 aromatic carbocycles. The highest BCUT2D eigenvalue weighted by molar-refractivity contribution is 6.29. The van der Waals surface area contributed by atoms with Crippen LogP contribution in [0.25, 0.3) is 6.08 Å². The summed E-state index contributed by atoms with van der Waals surface area (Å²) in [6.45, 7) is 4.27. The number of phenols is 1. The first-order valence-electron chi connectivity index (χ1n) is 11.3. The maximum Gasteiger partial charge on any atom is 0.199 e. The normalized spacial score (nSPS) is 26.6. The molecule has 3 aliphatic rings. The fourth-order valence-electron chi connectivity index (χ4n) is 4.70. The molecule has 9 nitrogen and oxygen atoms in total. The van der Waals surface area contributed by atoms with Gasteiger partial charge in [-0.2, -0.15) is 0 Å². The minimum Gasteiger partial charge on any atom is -0.507 e. The van der Waals surface area contributed by atoms with Crippen LogP contribution >= 0.6 is 0 Å². The molecule has 0 aromatic heterocycles. The van der Waals surface area contributed by atoms with Gasteiger partial charge in [0.2, 0.25) is 0 Å². The average Bonchev–Trinajstić information content (AvgIpc) is 2.77. The Morgan fingerprint density at radius 3 is 2.62 bits per heavy atom. The zero-order valence-corrected chi connectivity index (χ0v) is 19.3. The molecule has 0 bridgehead atoms. The van der Waals surface area contributed by atoms with E-state index < -0.39 is 42.8 Å². The van der Waals surface area contributed by atoms with Gasteiger partial charge in [0, 0.05) is 23.1 Å². The van der Waals surface area contributed by atoms with E-state index >= 15 is 0 Å². The predicted molar refractivity (Wildman–Crippen MR) is 119 cm³/mol. The number of aliphatic hydroxyl groups is 2. The van der Waals surface area contributed by atoms with E-state index in [2.05, 4.69) is 0 Å². The molecule has 0 saturated carbocycles. The maximum absolute atomic E-state index is 13.7. The molecule has 2 heterocycles. The van der Waals surface area contributed by atoms with Crippen LogP contribution in [-0.4, -0.2) is 64.4 Å². The second-order valence-corrected chi connectivity index (χ2v) is 8.82. The standard InChI is InChI=1S/C25H28O9/c1-4-5-17-19-13(7-12(3)33-17)8-15-20(23(19)30)24(31)21(14(22(15)29)6-11(2)27)25-32-10-16(28)18(9-26)34-25/h7-8,16-18,25-26,28,30H,4-6,9-10H2,1-3H3/t16-,17?,18+,25?/m1/s1. The van der Waals surface area contributed by atoms with Gasteiger partial charge in [-0.05, 0) is 38.0 Å². The maximum atomic E-state index is 13.7. The summed E-state index contributed by atoms with van der Waals surface area (Å²) in [5.41, 5.74) is 0.526. The highest BCUT2D eigenvalue weighted by Crippen LogP contribution is 2.46. The molecule has 9 heteroatoms. The summed E-state index contributed by atoms with van der Waals surface area (Å²) in [5.74, 6) is -1.35. The number of phenolic OH excluding ortho intramolecular Hbond substituents is 1. The van der Waals surface area contributed by atoms with E-state index in [1.54, 1.807) is 19.1 Å². The van der Waals surface area contributed by atoms with Gasteiger partial charge < -0.3 is 29.5 Å². The van der Waals surface area contributed by atoms with E-state index in [1.807, 2.05) is 6.92 Å². The molecule has 1 fully saturated rings. The van der Waals surface area contributed by atoms with Crippen molar-refractivity contribution < 1.29 is 43.9 Å². The number of hydrogen-bond acceptors (Lipinski definition) is 9. The van der Waals surface area contributed by atoms with Gasteiger partial charge in [-0.25, -0.2) is 0 Å². The highest BCUT2D eigenvalue weighted by Gasteiger charge is 2.44. The molecule has 1 aliphatic carbocycles. The molecular formula is C25H28O9. The van der Waals surface area contributed by atoms with Gasteiger partial charge in [0.25, 0.3) is 0 Å². The van der Waals surface area contributed by atoms with Crippen LogP contribution in [0.4, 0.5) is 0 Å². The van der Waals surface area contributed by atoms with Crippen molar-refractivity contribution in [2.75, 3.05) is 13.2 Å². The van der Waals surface area contributed by atoms with Crippen LogP contribution < -0.4 is 0 Å². The number of carbonyl (C=O) groups is 3. The van der Waals surface area contributed by atoms with Gasteiger partial charge in [-0.1, -0.05) is 13.3 Å². The molecule has 182 valence electrons. The van der Waals surface area contributed by atoms with Gasteiger partial charge in [0.05, 0.1) is 30.1 Å². The number of aliphatic hydroxyl groups excluding tert-OH is 2. The Balaban J connectivity index is 1.89. The second-order valence-electron chi connectivity index (χ2n) is 8.82. The number of ether oxygens (including phenoxy) is 3. The van der Waals surface area contributed by atoms with Gasteiger partial charge in [-0.15, -0.1) is 0 Å². The van der Waals surface area contributed by atoms with Crippen molar-refractivity contribution in [3.63, 3.8) is 0 Å². The van der Waals surface area contributed by atoms with Crippen molar-refractivity contribution >= 4 is 23.4 Å². The molecule has 0 radical (unpaired) electrons. The summed E-state index contributed by atoms with van der Waals surface area (Å²) in [5, 5.41) is 30.7. The fourth-order valence-corrected chi connectivity index (χ4v) is 4.70. The number of allylic oxidation sites excluding steroid dienone is 2.